The molecule has 6 heteroatoms. The maximum atomic E-state index is 12.0. The molecule has 1 heterocycles. The number of rotatable bonds is 5. The molecule has 0 spiro atoms. The van der Waals surface area contributed by atoms with E-state index in [2.05, 4.69) is 10.2 Å². The number of piperazine rings is 1. The number of carbonyl (C=O) groups excluding carboxylic acids is 1. The fourth-order valence-electron chi connectivity index (χ4n) is 2.59. The second kappa shape index (κ2) is 6.58. The Hall–Kier alpha value is -1.79. The maximum Gasteiger partial charge on any atom is 0.239 e. The summed E-state index contributed by atoms with van der Waals surface area (Å²) in [6, 6.07) is 4.92. The molecular formula is C14H21N3O3. The molecule has 1 fully saturated rings. The molecule has 1 saturated heterocycles. The number of nitrogens with zero attached hydrogens (tertiary/aromatic N) is 1. The molecule has 1 unspecified atom stereocenters. The van der Waals surface area contributed by atoms with Gasteiger partial charge in [0.1, 0.15) is 17.5 Å². The Labute approximate surface area is 118 Å². The fourth-order valence-corrected chi connectivity index (χ4v) is 2.59. The van der Waals surface area contributed by atoms with Gasteiger partial charge < -0.3 is 20.5 Å². The molecule has 0 radical (unpaired) electrons. The van der Waals surface area contributed by atoms with Crippen molar-refractivity contribution in [1.29, 1.82) is 0 Å². The van der Waals surface area contributed by atoms with Gasteiger partial charge in [0, 0.05) is 26.2 Å². The minimum atomic E-state index is -0.539. The van der Waals surface area contributed by atoms with Crippen LogP contribution < -0.4 is 20.5 Å². The summed E-state index contributed by atoms with van der Waals surface area (Å²) in [7, 11) is 3.15. The summed E-state index contributed by atoms with van der Waals surface area (Å²) in [5.74, 6) is 0.841. The van der Waals surface area contributed by atoms with Gasteiger partial charge >= 0.3 is 0 Å². The highest BCUT2D eigenvalue weighted by molar-refractivity contribution is 5.83. The molecule has 1 aromatic rings. The van der Waals surface area contributed by atoms with E-state index in [1.165, 1.54) is 0 Å². The SMILES string of the molecule is COc1cccc(OC)c1C(C(N)=O)N1CCNCC1. The average Bonchev–Trinajstić information content (AvgIpc) is 2.48. The first-order valence-corrected chi connectivity index (χ1v) is 6.64. The Bertz CT molecular complexity index is 450. The highest BCUT2D eigenvalue weighted by Crippen LogP contribution is 2.37. The van der Waals surface area contributed by atoms with Gasteiger partial charge in [0.2, 0.25) is 5.91 Å². The molecule has 0 aromatic heterocycles. The van der Waals surface area contributed by atoms with Gasteiger partial charge in [0.05, 0.1) is 19.8 Å². The van der Waals surface area contributed by atoms with Crippen LogP contribution in [0.3, 0.4) is 0 Å². The Morgan fingerprint density at radius 2 is 1.80 bits per heavy atom. The van der Waals surface area contributed by atoms with Crippen molar-refractivity contribution in [3.05, 3.63) is 23.8 Å². The van der Waals surface area contributed by atoms with Crippen molar-refractivity contribution in [2.45, 2.75) is 6.04 Å². The van der Waals surface area contributed by atoms with E-state index in [4.69, 9.17) is 15.2 Å². The van der Waals surface area contributed by atoms with Crippen LogP contribution >= 0.6 is 0 Å². The van der Waals surface area contributed by atoms with Crippen LogP contribution in [0.15, 0.2) is 18.2 Å². The smallest absolute Gasteiger partial charge is 0.239 e. The third-order valence-electron chi connectivity index (χ3n) is 3.53. The van der Waals surface area contributed by atoms with E-state index < -0.39 is 11.9 Å². The Kier molecular flexibility index (Phi) is 4.81. The van der Waals surface area contributed by atoms with Crippen LogP contribution in [-0.2, 0) is 4.79 Å². The molecule has 20 heavy (non-hydrogen) atoms. The first kappa shape index (κ1) is 14.6. The Morgan fingerprint density at radius 1 is 1.25 bits per heavy atom. The lowest BCUT2D eigenvalue weighted by Crippen LogP contribution is -2.48. The van der Waals surface area contributed by atoms with Crippen LogP contribution in [0.1, 0.15) is 11.6 Å². The molecule has 1 aliphatic rings. The van der Waals surface area contributed by atoms with Crippen molar-refractivity contribution in [2.24, 2.45) is 5.73 Å². The van der Waals surface area contributed by atoms with E-state index in [0.29, 0.717) is 17.1 Å². The second-order valence-corrected chi connectivity index (χ2v) is 4.67. The van der Waals surface area contributed by atoms with Crippen molar-refractivity contribution in [1.82, 2.24) is 10.2 Å². The van der Waals surface area contributed by atoms with Gasteiger partial charge in [-0.2, -0.15) is 0 Å². The largest absolute Gasteiger partial charge is 0.496 e. The molecule has 0 bridgehead atoms. The topological polar surface area (TPSA) is 76.8 Å². The molecule has 1 aromatic carbocycles. The number of ether oxygens (including phenoxy) is 2. The molecule has 0 aliphatic carbocycles. The van der Waals surface area contributed by atoms with E-state index in [1.807, 2.05) is 18.2 Å². The lowest BCUT2D eigenvalue weighted by atomic mass is 10.0. The van der Waals surface area contributed by atoms with Crippen molar-refractivity contribution in [3.63, 3.8) is 0 Å². The Balaban J connectivity index is 2.45. The third-order valence-corrected chi connectivity index (χ3v) is 3.53. The number of benzene rings is 1. The van der Waals surface area contributed by atoms with Crippen LogP contribution in [0, 0.1) is 0 Å². The molecule has 3 N–H and O–H groups in total. The predicted octanol–water partition coefficient (Wildman–Crippen LogP) is 0.135. The summed E-state index contributed by atoms with van der Waals surface area (Å²) in [6.45, 7) is 3.19. The van der Waals surface area contributed by atoms with Crippen molar-refractivity contribution in [2.75, 3.05) is 40.4 Å². The van der Waals surface area contributed by atoms with Gasteiger partial charge in [-0.05, 0) is 12.1 Å². The first-order chi connectivity index (χ1) is 9.69. The third kappa shape index (κ3) is 2.86. The number of carbonyl (C=O) groups is 1. The minimum absolute atomic E-state index is 0.394. The van der Waals surface area contributed by atoms with Gasteiger partial charge in [-0.15, -0.1) is 0 Å². The number of methoxy groups -OCH3 is 2. The zero-order valence-electron chi connectivity index (χ0n) is 11.9. The summed E-state index contributed by atoms with van der Waals surface area (Å²) in [5, 5.41) is 3.26. The maximum absolute atomic E-state index is 12.0. The molecule has 1 atom stereocenters. The molecular weight excluding hydrogens is 258 g/mol. The van der Waals surface area contributed by atoms with Crippen LogP contribution in [0.2, 0.25) is 0 Å². The van der Waals surface area contributed by atoms with E-state index in [1.54, 1.807) is 14.2 Å². The number of hydrogen-bond acceptors (Lipinski definition) is 5. The standard InChI is InChI=1S/C14H21N3O3/c1-19-10-4-3-5-11(20-2)12(10)13(14(15)18)17-8-6-16-7-9-17/h3-5,13,16H,6-9H2,1-2H3,(H2,15,18). The molecule has 1 aliphatic heterocycles. The Morgan fingerprint density at radius 3 is 2.25 bits per heavy atom. The summed E-state index contributed by atoms with van der Waals surface area (Å²) >= 11 is 0. The molecule has 2 rings (SSSR count). The van der Waals surface area contributed by atoms with Crippen molar-refractivity contribution in [3.8, 4) is 11.5 Å². The second-order valence-electron chi connectivity index (χ2n) is 4.67. The summed E-state index contributed by atoms with van der Waals surface area (Å²) in [4.78, 5) is 14.0. The fraction of sp³-hybridized carbons (Fsp3) is 0.500. The van der Waals surface area contributed by atoms with Crippen molar-refractivity contribution >= 4 is 5.91 Å². The molecule has 1 amide bonds. The molecule has 110 valence electrons. The van der Waals surface area contributed by atoms with Crippen molar-refractivity contribution < 1.29 is 14.3 Å². The number of hydrogen-bond donors (Lipinski definition) is 2. The van der Waals surface area contributed by atoms with Crippen LogP contribution in [0.4, 0.5) is 0 Å². The predicted molar refractivity (Wildman–Crippen MR) is 75.9 cm³/mol. The molecule has 6 nitrogen and oxygen atoms in total. The zero-order chi connectivity index (χ0) is 14.5. The molecule has 0 saturated carbocycles. The van der Waals surface area contributed by atoms with E-state index in [0.717, 1.165) is 26.2 Å². The quantitative estimate of drug-likeness (QED) is 0.801. The first-order valence-electron chi connectivity index (χ1n) is 6.64. The van der Waals surface area contributed by atoms with Crippen LogP contribution in [-0.4, -0.2) is 51.2 Å². The van der Waals surface area contributed by atoms with Gasteiger partial charge in [-0.3, -0.25) is 9.69 Å². The van der Waals surface area contributed by atoms with Crippen LogP contribution in [0.25, 0.3) is 0 Å². The lowest BCUT2D eigenvalue weighted by Gasteiger charge is -2.34. The normalized spacial score (nSPS) is 17.5. The van der Waals surface area contributed by atoms with E-state index >= 15 is 0 Å². The average molecular weight is 279 g/mol. The summed E-state index contributed by atoms with van der Waals surface area (Å²) < 4.78 is 10.8. The zero-order valence-corrected chi connectivity index (χ0v) is 11.9. The highest BCUT2D eigenvalue weighted by atomic mass is 16.5. The number of amides is 1. The minimum Gasteiger partial charge on any atom is -0.496 e. The van der Waals surface area contributed by atoms with E-state index in [9.17, 15) is 4.79 Å². The van der Waals surface area contributed by atoms with Crippen LogP contribution in [0.5, 0.6) is 11.5 Å². The summed E-state index contributed by atoms with van der Waals surface area (Å²) in [5.41, 5.74) is 6.34. The highest BCUT2D eigenvalue weighted by Gasteiger charge is 2.32. The monoisotopic (exact) mass is 279 g/mol. The number of nitrogens with one attached hydrogen (secondary N) is 1. The van der Waals surface area contributed by atoms with E-state index in [-0.39, 0.29) is 0 Å². The van der Waals surface area contributed by atoms with Gasteiger partial charge in [0.15, 0.2) is 0 Å². The van der Waals surface area contributed by atoms with Gasteiger partial charge in [-0.25, -0.2) is 0 Å². The summed E-state index contributed by atoms with van der Waals surface area (Å²) in [6.07, 6.45) is 0. The number of nitrogens with two attached hydrogens (primary N) is 1. The van der Waals surface area contributed by atoms with Gasteiger partial charge in [0.25, 0.3) is 0 Å². The number of primary amides is 1. The lowest BCUT2D eigenvalue weighted by molar-refractivity contribution is -0.123. The van der Waals surface area contributed by atoms with Gasteiger partial charge in [-0.1, -0.05) is 6.07 Å².